The van der Waals surface area contributed by atoms with E-state index < -0.39 is 13.7 Å². The lowest BCUT2D eigenvalue weighted by atomic mass is 9.89. The zero-order valence-electron chi connectivity index (χ0n) is 20.8. The van der Waals surface area contributed by atoms with E-state index in [1.807, 2.05) is 36.4 Å². The largest absolute Gasteiger partial charge is 0.461 e. The van der Waals surface area contributed by atoms with Gasteiger partial charge in [-0.05, 0) is 34.0 Å². The number of allylic oxidation sites excluding steroid dienone is 1. The summed E-state index contributed by atoms with van der Waals surface area (Å²) in [5.74, 6) is -0.318. The number of carbonyl (C=O) groups is 1. The van der Waals surface area contributed by atoms with E-state index in [9.17, 15) is 4.79 Å². The highest BCUT2D eigenvalue weighted by Crippen LogP contribution is 2.38. The number of hydrogen-bond acceptors (Lipinski definition) is 3. The van der Waals surface area contributed by atoms with Crippen LogP contribution in [-0.4, -0.2) is 27.5 Å². The first kappa shape index (κ1) is 25.7. The molecule has 0 radical (unpaired) electrons. The van der Waals surface area contributed by atoms with E-state index in [-0.39, 0.29) is 17.6 Å². The van der Waals surface area contributed by atoms with Gasteiger partial charge in [0.15, 0.2) is 0 Å². The third-order valence-electron chi connectivity index (χ3n) is 6.25. The maximum absolute atomic E-state index is 12.6. The van der Waals surface area contributed by atoms with Gasteiger partial charge in [0.05, 0.1) is 12.2 Å². The molecule has 1 atom stereocenters. The Hall–Kier alpha value is -2.95. The molecule has 0 aliphatic rings. The van der Waals surface area contributed by atoms with Gasteiger partial charge in [-0.3, -0.25) is 0 Å². The summed E-state index contributed by atoms with van der Waals surface area (Å²) in [6, 6.07) is 30.3. The van der Waals surface area contributed by atoms with Crippen LogP contribution in [0.25, 0.3) is 0 Å². The number of benzene rings is 3. The fraction of sp³-hybridized carbons (Fsp3) is 0.300. The molecular weight excluding hydrogens is 436 g/mol. The van der Waals surface area contributed by atoms with Crippen LogP contribution in [0.2, 0.25) is 5.04 Å². The molecule has 178 valence electrons. The van der Waals surface area contributed by atoms with Gasteiger partial charge in [0, 0.05) is 12.0 Å². The topological polar surface area (TPSA) is 35.5 Å². The molecule has 0 aliphatic heterocycles. The summed E-state index contributed by atoms with van der Waals surface area (Å²) in [6.07, 6.45) is 2.55. The average molecular weight is 473 g/mol. The normalized spacial score (nSPS) is 13.6. The Balaban J connectivity index is 1.93. The van der Waals surface area contributed by atoms with Crippen molar-refractivity contribution in [2.75, 3.05) is 13.2 Å². The van der Waals surface area contributed by atoms with Gasteiger partial charge in [0.25, 0.3) is 8.32 Å². The van der Waals surface area contributed by atoms with E-state index >= 15 is 0 Å². The standard InChI is InChI=1S/C30H36O3Si/c1-6-22-30(5,23-32-28(31)25-16-10-7-11-17-25)24-33-34(29(2,3)4,26-18-12-8-13-19-26)27-20-14-9-15-21-27/h6-21H,1,22-24H2,2-5H3/t30-/m0/s1. The SMILES string of the molecule is C=CC[C@@](C)(COC(=O)c1ccccc1)CO[Si](c1ccccc1)(c1ccccc1)C(C)(C)C. The van der Waals surface area contributed by atoms with E-state index in [0.29, 0.717) is 18.6 Å². The predicted octanol–water partition coefficient (Wildman–Crippen LogP) is 6.00. The van der Waals surface area contributed by atoms with Gasteiger partial charge in [-0.2, -0.15) is 0 Å². The van der Waals surface area contributed by atoms with Crippen molar-refractivity contribution in [2.45, 2.75) is 39.2 Å². The lowest BCUT2D eigenvalue weighted by Crippen LogP contribution is -2.67. The second kappa shape index (κ2) is 11.0. The minimum absolute atomic E-state index is 0.120. The van der Waals surface area contributed by atoms with Gasteiger partial charge < -0.3 is 9.16 Å². The van der Waals surface area contributed by atoms with Crippen LogP contribution < -0.4 is 10.4 Å². The van der Waals surface area contributed by atoms with Crippen LogP contribution in [0.5, 0.6) is 0 Å². The van der Waals surface area contributed by atoms with E-state index in [1.54, 1.807) is 12.1 Å². The highest BCUT2D eigenvalue weighted by atomic mass is 28.4. The van der Waals surface area contributed by atoms with Gasteiger partial charge in [-0.15, -0.1) is 6.58 Å². The molecule has 0 unspecified atom stereocenters. The van der Waals surface area contributed by atoms with E-state index in [4.69, 9.17) is 9.16 Å². The maximum Gasteiger partial charge on any atom is 0.338 e. The maximum atomic E-state index is 12.6. The molecule has 34 heavy (non-hydrogen) atoms. The Morgan fingerprint density at radius 3 is 1.71 bits per heavy atom. The van der Waals surface area contributed by atoms with Crippen molar-refractivity contribution >= 4 is 24.7 Å². The average Bonchev–Trinajstić information content (AvgIpc) is 2.84. The summed E-state index contributed by atoms with van der Waals surface area (Å²) in [6.45, 7) is 13.6. The van der Waals surface area contributed by atoms with Gasteiger partial charge >= 0.3 is 5.97 Å². The number of hydrogen-bond donors (Lipinski definition) is 0. The zero-order chi connectivity index (χ0) is 24.7. The van der Waals surface area contributed by atoms with E-state index in [1.165, 1.54) is 10.4 Å². The lowest BCUT2D eigenvalue weighted by molar-refractivity contribution is 0.0194. The smallest absolute Gasteiger partial charge is 0.338 e. The zero-order valence-corrected chi connectivity index (χ0v) is 21.8. The van der Waals surface area contributed by atoms with Gasteiger partial charge in [-0.1, -0.05) is 113 Å². The molecule has 3 rings (SSSR count). The van der Waals surface area contributed by atoms with Gasteiger partial charge in [-0.25, -0.2) is 4.79 Å². The van der Waals surface area contributed by atoms with E-state index in [2.05, 4.69) is 82.8 Å². The summed E-state index contributed by atoms with van der Waals surface area (Å²) in [7, 11) is -2.68. The molecule has 0 heterocycles. The molecule has 0 fully saturated rings. The summed E-state index contributed by atoms with van der Waals surface area (Å²) in [5.41, 5.74) is 0.149. The van der Waals surface area contributed by atoms with Crippen LogP contribution in [0.4, 0.5) is 0 Å². The van der Waals surface area contributed by atoms with Crippen molar-refractivity contribution in [2.24, 2.45) is 5.41 Å². The van der Waals surface area contributed by atoms with Crippen LogP contribution in [0, 0.1) is 5.41 Å². The van der Waals surface area contributed by atoms with Crippen LogP contribution in [0.15, 0.2) is 104 Å². The molecule has 0 saturated carbocycles. The molecule has 3 aromatic carbocycles. The number of ether oxygens (including phenoxy) is 1. The van der Waals surface area contributed by atoms with Crippen LogP contribution in [0.3, 0.4) is 0 Å². The first-order chi connectivity index (χ1) is 16.2. The van der Waals surface area contributed by atoms with Crippen LogP contribution in [0.1, 0.15) is 44.5 Å². The van der Waals surface area contributed by atoms with Gasteiger partial charge in [0.2, 0.25) is 0 Å². The van der Waals surface area contributed by atoms with Crippen molar-refractivity contribution in [3.05, 3.63) is 109 Å². The minimum atomic E-state index is -2.68. The number of carbonyl (C=O) groups excluding carboxylic acids is 1. The van der Waals surface area contributed by atoms with Crippen molar-refractivity contribution < 1.29 is 14.0 Å². The summed E-state index contributed by atoms with van der Waals surface area (Å²) < 4.78 is 12.9. The number of esters is 1. The fourth-order valence-electron chi connectivity index (χ4n) is 4.45. The Labute approximate surface area is 205 Å². The monoisotopic (exact) mass is 472 g/mol. The number of rotatable bonds is 10. The first-order valence-electron chi connectivity index (χ1n) is 11.8. The quantitative estimate of drug-likeness (QED) is 0.206. The van der Waals surface area contributed by atoms with Crippen LogP contribution in [-0.2, 0) is 9.16 Å². The fourth-order valence-corrected chi connectivity index (χ4v) is 9.17. The molecule has 0 aromatic heterocycles. The molecule has 0 saturated heterocycles. The Morgan fingerprint density at radius 1 is 0.794 bits per heavy atom. The molecule has 3 aromatic rings. The molecule has 0 amide bonds. The molecule has 0 aliphatic carbocycles. The van der Waals surface area contributed by atoms with Gasteiger partial charge in [0.1, 0.15) is 0 Å². The third kappa shape index (κ3) is 5.75. The Bertz CT molecular complexity index is 1020. The minimum Gasteiger partial charge on any atom is -0.461 e. The second-order valence-corrected chi connectivity index (χ2v) is 14.5. The lowest BCUT2D eigenvalue weighted by Gasteiger charge is -2.45. The Kier molecular flexibility index (Phi) is 8.29. The summed E-state index contributed by atoms with van der Waals surface area (Å²) >= 11 is 0. The van der Waals surface area contributed by atoms with Crippen molar-refractivity contribution in [1.82, 2.24) is 0 Å². The second-order valence-electron chi connectivity index (χ2n) is 10.2. The van der Waals surface area contributed by atoms with E-state index in [0.717, 1.165) is 0 Å². The molecule has 4 heteroatoms. The van der Waals surface area contributed by atoms with Crippen molar-refractivity contribution in [1.29, 1.82) is 0 Å². The highest BCUT2D eigenvalue weighted by Gasteiger charge is 2.51. The predicted molar refractivity (Wildman–Crippen MR) is 143 cm³/mol. The third-order valence-corrected chi connectivity index (χ3v) is 11.2. The van der Waals surface area contributed by atoms with Crippen LogP contribution >= 0.6 is 0 Å². The molecule has 0 bridgehead atoms. The highest BCUT2D eigenvalue weighted by molar-refractivity contribution is 6.99. The summed E-state index contributed by atoms with van der Waals surface area (Å²) in [4.78, 5) is 12.6. The van der Waals surface area contributed by atoms with Crippen molar-refractivity contribution in [3.63, 3.8) is 0 Å². The molecule has 0 N–H and O–H groups in total. The summed E-state index contributed by atoms with van der Waals surface area (Å²) in [5, 5.41) is 2.35. The Morgan fingerprint density at radius 2 is 1.26 bits per heavy atom. The molecular formula is C30H36O3Si. The first-order valence-corrected chi connectivity index (χ1v) is 13.7. The molecule has 0 spiro atoms. The molecule has 3 nitrogen and oxygen atoms in total. The van der Waals surface area contributed by atoms with Crippen molar-refractivity contribution in [3.8, 4) is 0 Å².